The summed E-state index contributed by atoms with van der Waals surface area (Å²) in [5, 5.41) is 5.97. The van der Waals surface area contributed by atoms with Crippen LogP contribution in [0, 0.1) is 0 Å². The molecule has 1 aliphatic heterocycles. The molecule has 0 bridgehead atoms. The third-order valence-corrected chi connectivity index (χ3v) is 2.58. The van der Waals surface area contributed by atoms with Crippen LogP contribution in [-0.2, 0) is 6.18 Å². The molecule has 0 spiro atoms. The van der Waals surface area contributed by atoms with E-state index in [0.717, 1.165) is 37.3 Å². The summed E-state index contributed by atoms with van der Waals surface area (Å²) in [7, 11) is 0. The topological polar surface area (TPSA) is 49.8 Å². The van der Waals surface area contributed by atoms with E-state index in [1.807, 2.05) is 6.08 Å². The largest absolute Gasteiger partial charge is 0.433 e. The van der Waals surface area contributed by atoms with Crippen LogP contribution < -0.4 is 10.6 Å². The Balaban J connectivity index is 1.99. The number of hydrogen-bond acceptors (Lipinski definition) is 4. The predicted octanol–water partition coefficient (Wildman–Crippen LogP) is 1.83. The molecule has 1 aliphatic rings. The van der Waals surface area contributed by atoms with E-state index in [1.165, 1.54) is 0 Å². The molecule has 2 rings (SSSR count). The van der Waals surface area contributed by atoms with E-state index in [2.05, 4.69) is 20.6 Å². The molecule has 2 heterocycles. The molecule has 0 fully saturated rings. The number of nitrogens with one attached hydrogen (secondary N) is 2. The van der Waals surface area contributed by atoms with Gasteiger partial charge in [-0.15, -0.1) is 0 Å². The summed E-state index contributed by atoms with van der Waals surface area (Å²) in [5.74, 6) is 0.00394. The van der Waals surface area contributed by atoms with Gasteiger partial charge in [-0.25, -0.2) is 9.97 Å². The maximum absolute atomic E-state index is 12.4. The van der Waals surface area contributed by atoms with Crippen molar-refractivity contribution in [1.82, 2.24) is 15.3 Å². The van der Waals surface area contributed by atoms with Crippen molar-refractivity contribution in [1.29, 1.82) is 0 Å². The van der Waals surface area contributed by atoms with Crippen molar-refractivity contribution in [2.75, 3.05) is 25.0 Å². The minimum atomic E-state index is -4.44. The number of nitrogens with zero attached hydrogens (tertiary/aromatic N) is 2. The van der Waals surface area contributed by atoms with Gasteiger partial charge in [0.1, 0.15) is 5.69 Å². The highest BCUT2D eigenvalue weighted by atomic mass is 19.4. The van der Waals surface area contributed by atoms with Crippen LogP contribution in [0.1, 0.15) is 12.1 Å². The molecule has 7 heteroatoms. The van der Waals surface area contributed by atoms with Gasteiger partial charge in [-0.05, 0) is 19.0 Å². The first-order valence-electron chi connectivity index (χ1n) is 5.58. The van der Waals surface area contributed by atoms with E-state index >= 15 is 0 Å². The first-order valence-corrected chi connectivity index (χ1v) is 5.58. The summed E-state index contributed by atoms with van der Waals surface area (Å²) < 4.78 is 37.3. The highest BCUT2D eigenvalue weighted by molar-refractivity contribution is 5.29. The maximum atomic E-state index is 12.4. The first-order chi connectivity index (χ1) is 8.55. The van der Waals surface area contributed by atoms with Crippen LogP contribution in [0.3, 0.4) is 0 Å². The van der Waals surface area contributed by atoms with Gasteiger partial charge in [-0.3, -0.25) is 0 Å². The van der Waals surface area contributed by atoms with E-state index in [4.69, 9.17) is 0 Å². The lowest BCUT2D eigenvalue weighted by Gasteiger charge is -2.14. The summed E-state index contributed by atoms with van der Waals surface area (Å²) in [6.45, 7) is 2.15. The Bertz CT molecular complexity index is 442. The SMILES string of the molecule is FC(F)(F)c1ccnc(NCC2=CCNCC2)n1. The van der Waals surface area contributed by atoms with E-state index in [1.54, 1.807) is 0 Å². The monoisotopic (exact) mass is 258 g/mol. The molecule has 98 valence electrons. The molecule has 0 unspecified atom stereocenters. The van der Waals surface area contributed by atoms with Crippen molar-refractivity contribution in [2.45, 2.75) is 12.6 Å². The Hall–Kier alpha value is -1.63. The summed E-state index contributed by atoms with van der Waals surface area (Å²) in [5.41, 5.74) is 0.217. The van der Waals surface area contributed by atoms with Crippen molar-refractivity contribution >= 4 is 5.95 Å². The van der Waals surface area contributed by atoms with Gasteiger partial charge in [0.05, 0.1) is 0 Å². The molecule has 0 atom stereocenters. The molecule has 2 N–H and O–H groups in total. The summed E-state index contributed by atoms with van der Waals surface area (Å²) >= 11 is 0. The van der Waals surface area contributed by atoms with Crippen molar-refractivity contribution in [3.8, 4) is 0 Å². The molecule has 4 nitrogen and oxygen atoms in total. The van der Waals surface area contributed by atoms with Gasteiger partial charge in [-0.1, -0.05) is 11.6 Å². The molecule has 18 heavy (non-hydrogen) atoms. The second-order valence-corrected chi connectivity index (χ2v) is 3.93. The fourth-order valence-electron chi connectivity index (χ4n) is 1.62. The average Bonchev–Trinajstić information content (AvgIpc) is 2.37. The molecule has 0 saturated carbocycles. The minimum Gasteiger partial charge on any atom is -0.350 e. The van der Waals surface area contributed by atoms with Gasteiger partial charge >= 0.3 is 6.18 Å². The van der Waals surface area contributed by atoms with Crippen LogP contribution >= 0.6 is 0 Å². The summed E-state index contributed by atoms with van der Waals surface area (Å²) in [6, 6.07) is 0.856. The zero-order chi connectivity index (χ0) is 13.0. The summed E-state index contributed by atoms with van der Waals surface area (Å²) in [4.78, 5) is 7.21. The second kappa shape index (κ2) is 5.34. The summed E-state index contributed by atoms with van der Waals surface area (Å²) in [6.07, 6.45) is -0.432. The molecule has 0 amide bonds. The molecular formula is C11H13F3N4. The van der Waals surface area contributed by atoms with Crippen molar-refractivity contribution < 1.29 is 13.2 Å². The molecule has 0 aromatic carbocycles. The predicted molar refractivity (Wildman–Crippen MR) is 61.1 cm³/mol. The van der Waals surface area contributed by atoms with Gasteiger partial charge in [0.25, 0.3) is 0 Å². The van der Waals surface area contributed by atoms with Crippen LogP contribution in [0.4, 0.5) is 19.1 Å². The molecule has 0 saturated heterocycles. The Kier molecular flexibility index (Phi) is 3.81. The first kappa shape index (κ1) is 12.8. The van der Waals surface area contributed by atoms with Crippen molar-refractivity contribution in [2.24, 2.45) is 0 Å². The number of alkyl halides is 3. The smallest absolute Gasteiger partial charge is 0.350 e. The molecule has 0 radical (unpaired) electrons. The lowest BCUT2D eigenvalue weighted by Crippen LogP contribution is -2.23. The van der Waals surface area contributed by atoms with Crippen LogP contribution in [0.5, 0.6) is 0 Å². The number of hydrogen-bond donors (Lipinski definition) is 2. The lowest BCUT2D eigenvalue weighted by molar-refractivity contribution is -0.141. The normalized spacial score (nSPS) is 16.3. The second-order valence-electron chi connectivity index (χ2n) is 3.93. The van der Waals surface area contributed by atoms with Gasteiger partial charge < -0.3 is 10.6 Å². The standard InChI is InChI=1S/C11H13F3N4/c12-11(13,14)9-3-6-16-10(18-9)17-7-8-1-4-15-5-2-8/h1,3,6,15H,2,4-5,7H2,(H,16,17,18). The maximum Gasteiger partial charge on any atom is 0.433 e. The third kappa shape index (κ3) is 3.43. The van der Waals surface area contributed by atoms with Gasteiger partial charge in [0, 0.05) is 19.3 Å². The molecular weight excluding hydrogens is 245 g/mol. The Labute approximate surface area is 102 Å². The zero-order valence-corrected chi connectivity index (χ0v) is 9.59. The third-order valence-electron chi connectivity index (χ3n) is 2.58. The van der Waals surface area contributed by atoms with Crippen LogP contribution in [-0.4, -0.2) is 29.6 Å². The highest BCUT2D eigenvalue weighted by Crippen LogP contribution is 2.27. The molecule has 0 aliphatic carbocycles. The lowest BCUT2D eigenvalue weighted by atomic mass is 10.1. The van der Waals surface area contributed by atoms with Crippen LogP contribution in [0.15, 0.2) is 23.9 Å². The number of halogens is 3. The van der Waals surface area contributed by atoms with E-state index < -0.39 is 11.9 Å². The van der Waals surface area contributed by atoms with E-state index in [-0.39, 0.29) is 5.95 Å². The molecule has 1 aromatic heterocycles. The van der Waals surface area contributed by atoms with Crippen LogP contribution in [0.25, 0.3) is 0 Å². The van der Waals surface area contributed by atoms with Gasteiger partial charge in [-0.2, -0.15) is 13.2 Å². The number of aromatic nitrogens is 2. The molecule has 1 aromatic rings. The Morgan fingerprint density at radius 1 is 1.39 bits per heavy atom. The minimum absolute atomic E-state index is 0.00394. The van der Waals surface area contributed by atoms with Gasteiger partial charge in [0.15, 0.2) is 0 Å². The van der Waals surface area contributed by atoms with Crippen molar-refractivity contribution in [3.05, 3.63) is 29.6 Å². The van der Waals surface area contributed by atoms with Crippen molar-refractivity contribution in [3.63, 3.8) is 0 Å². The highest BCUT2D eigenvalue weighted by Gasteiger charge is 2.32. The van der Waals surface area contributed by atoms with Crippen LogP contribution in [0.2, 0.25) is 0 Å². The van der Waals surface area contributed by atoms with E-state index in [9.17, 15) is 13.2 Å². The fourth-order valence-corrected chi connectivity index (χ4v) is 1.62. The quantitative estimate of drug-likeness (QED) is 0.812. The number of rotatable bonds is 3. The van der Waals surface area contributed by atoms with E-state index in [0.29, 0.717) is 6.54 Å². The number of anilines is 1. The van der Waals surface area contributed by atoms with Gasteiger partial charge in [0.2, 0.25) is 5.95 Å². The Morgan fingerprint density at radius 3 is 2.89 bits per heavy atom. The Morgan fingerprint density at radius 2 is 2.22 bits per heavy atom. The fraction of sp³-hybridized carbons (Fsp3) is 0.455. The average molecular weight is 258 g/mol. The zero-order valence-electron chi connectivity index (χ0n) is 9.59.